The summed E-state index contributed by atoms with van der Waals surface area (Å²) in [5.41, 5.74) is 0. The van der Waals surface area contributed by atoms with Crippen molar-refractivity contribution in [2.24, 2.45) is 0 Å². The lowest BCUT2D eigenvalue weighted by atomic mass is 10.0. The van der Waals surface area contributed by atoms with E-state index in [0.29, 0.717) is 6.10 Å². The summed E-state index contributed by atoms with van der Waals surface area (Å²) in [6.07, 6.45) is 31.2. The maximum atomic E-state index is 6.25. The molecule has 0 rings (SSSR count). The molecule has 0 heterocycles. The van der Waals surface area contributed by atoms with Crippen LogP contribution in [-0.4, -0.2) is 18.0 Å². The van der Waals surface area contributed by atoms with E-state index < -0.39 is 0 Å². The summed E-state index contributed by atoms with van der Waals surface area (Å²) < 4.78 is 6.25. The second-order valence-electron chi connectivity index (χ2n) is 8.57. The van der Waals surface area contributed by atoms with Crippen molar-refractivity contribution >= 4 is 15.9 Å². The van der Waals surface area contributed by atoms with Gasteiger partial charge in [0.05, 0.1) is 6.10 Å². The molecule has 2 heteroatoms. The molecule has 172 valence electrons. The molecule has 0 aromatic carbocycles. The molecular formula is C27H51BrO. The third-order valence-electron chi connectivity index (χ3n) is 5.75. The van der Waals surface area contributed by atoms with Gasteiger partial charge in [0.2, 0.25) is 0 Å². The molecule has 0 bridgehead atoms. The van der Waals surface area contributed by atoms with Crippen LogP contribution in [0, 0.1) is 0 Å². The van der Waals surface area contributed by atoms with Crippen LogP contribution in [0.1, 0.15) is 128 Å². The predicted molar refractivity (Wildman–Crippen MR) is 136 cm³/mol. The first kappa shape index (κ1) is 28.9. The minimum absolute atomic E-state index is 0.505. The SMILES string of the molecule is C=CCCCCCCCCCC(CCCCCCCCCC=C)OCCCCBr. The molecule has 0 atom stereocenters. The minimum Gasteiger partial charge on any atom is -0.378 e. The van der Waals surface area contributed by atoms with Gasteiger partial charge in [-0.3, -0.25) is 0 Å². The van der Waals surface area contributed by atoms with Gasteiger partial charge in [0, 0.05) is 11.9 Å². The lowest BCUT2D eigenvalue weighted by Gasteiger charge is -2.18. The molecule has 0 aliphatic heterocycles. The molecule has 0 saturated carbocycles. The van der Waals surface area contributed by atoms with E-state index >= 15 is 0 Å². The van der Waals surface area contributed by atoms with Crippen molar-refractivity contribution in [1.29, 1.82) is 0 Å². The largest absolute Gasteiger partial charge is 0.378 e. The Hall–Kier alpha value is -0.0800. The third-order valence-corrected chi connectivity index (χ3v) is 6.31. The predicted octanol–water partition coefficient (Wildman–Crippen LogP) is 9.94. The molecular weight excluding hydrogens is 420 g/mol. The summed E-state index contributed by atoms with van der Waals surface area (Å²) in [6.45, 7) is 8.55. The Labute approximate surface area is 192 Å². The van der Waals surface area contributed by atoms with Crippen LogP contribution in [0.15, 0.2) is 25.3 Å². The topological polar surface area (TPSA) is 9.23 Å². The minimum atomic E-state index is 0.505. The number of hydrogen-bond donors (Lipinski definition) is 0. The van der Waals surface area contributed by atoms with Crippen molar-refractivity contribution in [3.63, 3.8) is 0 Å². The standard InChI is InChI=1S/C27H51BrO/c1-3-5-7-9-11-13-15-17-19-23-27(29-26-22-21-25-28)24-20-18-16-14-12-10-8-6-4-2/h3-4,27H,1-2,5-26H2. The van der Waals surface area contributed by atoms with Crippen LogP contribution < -0.4 is 0 Å². The highest BCUT2D eigenvalue weighted by Gasteiger charge is 2.09. The molecule has 0 N–H and O–H groups in total. The maximum Gasteiger partial charge on any atom is 0.0575 e. The lowest BCUT2D eigenvalue weighted by Crippen LogP contribution is -2.14. The van der Waals surface area contributed by atoms with Gasteiger partial charge in [-0.25, -0.2) is 0 Å². The number of rotatable bonds is 25. The zero-order valence-electron chi connectivity index (χ0n) is 19.5. The van der Waals surface area contributed by atoms with Crippen LogP contribution in [0.4, 0.5) is 0 Å². The fourth-order valence-electron chi connectivity index (χ4n) is 3.85. The maximum absolute atomic E-state index is 6.25. The molecule has 0 amide bonds. The van der Waals surface area contributed by atoms with Gasteiger partial charge >= 0.3 is 0 Å². The number of hydrogen-bond acceptors (Lipinski definition) is 1. The highest BCUT2D eigenvalue weighted by atomic mass is 79.9. The van der Waals surface area contributed by atoms with E-state index in [1.165, 1.54) is 128 Å². The van der Waals surface area contributed by atoms with Crippen molar-refractivity contribution in [2.75, 3.05) is 11.9 Å². The average molecular weight is 472 g/mol. The summed E-state index contributed by atoms with van der Waals surface area (Å²) in [5.74, 6) is 0. The van der Waals surface area contributed by atoms with Crippen LogP contribution in [0.25, 0.3) is 0 Å². The van der Waals surface area contributed by atoms with Crippen molar-refractivity contribution in [2.45, 2.75) is 135 Å². The Balaban J connectivity index is 3.71. The van der Waals surface area contributed by atoms with Gasteiger partial charge in [0.15, 0.2) is 0 Å². The van der Waals surface area contributed by atoms with Crippen LogP contribution in [0.5, 0.6) is 0 Å². The number of unbranched alkanes of at least 4 members (excludes halogenated alkanes) is 15. The van der Waals surface area contributed by atoms with E-state index in [0.717, 1.165) is 11.9 Å². The summed E-state index contributed by atoms with van der Waals surface area (Å²) in [4.78, 5) is 0. The second kappa shape index (κ2) is 26.0. The number of ether oxygens (including phenoxy) is 1. The molecule has 0 unspecified atom stereocenters. The lowest BCUT2D eigenvalue weighted by molar-refractivity contribution is 0.0366. The molecule has 1 nitrogen and oxygen atoms in total. The quantitative estimate of drug-likeness (QED) is 0.0731. The van der Waals surface area contributed by atoms with Crippen LogP contribution >= 0.6 is 15.9 Å². The van der Waals surface area contributed by atoms with Gasteiger partial charge in [-0.15, -0.1) is 13.2 Å². The van der Waals surface area contributed by atoms with Crippen molar-refractivity contribution in [1.82, 2.24) is 0 Å². The molecule has 29 heavy (non-hydrogen) atoms. The van der Waals surface area contributed by atoms with Crippen molar-refractivity contribution in [3.8, 4) is 0 Å². The summed E-state index contributed by atoms with van der Waals surface area (Å²) >= 11 is 3.52. The molecule has 0 aromatic heterocycles. The van der Waals surface area contributed by atoms with E-state index in [4.69, 9.17) is 4.74 Å². The van der Waals surface area contributed by atoms with E-state index in [2.05, 4.69) is 29.1 Å². The molecule has 0 spiro atoms. The van der Waals surface area contributed by atoms with Gasteiger partial charge in [-0.05, 0) is 51.4 Å². The summed E-state index contributed by atoms with van der Waals surface area (Å²) in [7, 11) is 0. The fraction of sp³-hybridized carbons (Fsp3) is 0.852. The van der Waals surface area contributed by atoms with Gasteiger partial charge in [0.1, 0.15) is 0 Å². The number of alkyl halides is 1. The monoisotopic (exact) mass is 470 g/mol. The van der Waals surface area contributed by atoms with Crippen LogP contribution in [0.2, 0.25) is 0 Å². The van der Waals surface area contributed by atoms with Crippen LogP contribution in [-0.2, 0) is 4.74 Å². The Bertz CT molecular complexity index is 302. The molecule has 0 aliphatic rings. The first-order valence-electron chi connectivity index (χ1n) is 12.7. The van der Waals surface area contributed by atoms with Gasteiger partial charge in [0.25, 0.3) is 0 Å². The Morgan fingerprint density at radius 2 is 0.966 bits per heavy atom. The molecule has 0 radical (unpaired) electrons. The number of halogens is 1. The molecule has 0 saturated heterocycles. The smallest absolute Gasteiger partial charge is 0.0575 e. The first-order chi connectivity index (χ1) is 14.3. The zero-order chi connectivity index (χ0) is 21.3. The van der Waals surface area contributed by atoms with Crippen LogP contribution in [0.3, 0.4) is 0 Å². The highest BCUT2D eigenvalue weighted by molar-refractivity contribution is 9.09. The van der Waals surface area contributed by atoms with E-state index in [1.807, 2.05) is 12.2 Å². The van der Waals surface area contributed by atoms with E-state index in [9.17, 15) is 0 Å². The summed E-state index contributed by atoms with van der Waals surface area (Å²) in [5, 5.41) is 1.10. The van der Waals surface area contributed by atoms with E-state index in [-0.39, 0.29) is 0 Å². The normalized spacial score (nSPS) is 11.2. The molecule has 0 fully saturated rings. The zero-order valence-corrected chi connectivity index (χ0v) is 21.1. The molecule has 0 aromatic rings. The average Bonchev–Trinajstić information content (AvgIpc) is 2.73. The third kappa shape index (κ3) is 24.1. The fourth-order valence-corrected chi connectivity index (χ4v) is 4.24. The first-order valence-corrected chi connectivity index (χ1v) is 13.9. The number of allylic oxidation sites excluding steroid dienone is 2. The van der Waals surface area contributed by atoms with Crippen molar-refractivity contribution < 1.29 is 4.74 Å². The molecule has 0 aliphatic carbocycles. The van der Waals surface area contributed by atoms with Gasteiger partial charge in [-0.2, -0.15) is 0 Å². The second-order valence-corrected chi connectivity index (χ2v) is 9.36. The van der Waals surface area contributed by atoms with Gasteiger partial charge < -0.3 is 4.74 Å². The Morgan fingerprint density at radius 1 is 0.552 bits per heavy atom. The Morgan fingerprint density at radius 3 is 1.38 bits per heavy atom. The van der Waals surface area contributed by atoms with Gasteiger partial charge in [-0.1, -0.05) is 105 Å². The van der Waals surface area contributed by atoms with Crippen molar-refractivity contribution in [3.05, 3.63) is 25.3 Å². The highest BCUT2D eigenvalue weighted by Crippen LogP contribution is 2.18. The summed E-state index contributed by atoms with van der Waals surface area (Å²) in [6, 6.07) is 0. The Kier molecular flexibility index (Phi) is 25.9. The van der Waals surface area contributed by atoms with E-state index in [1.54, 1.807) is 0 Å².